The highest BCUT2D eigenvalue weighted by molar-refractivity contribution is 5.93. The summed E-state index contributed by atoms with van der Waals surface area (Å²) in [7, 11) is 1.52. The van der Waals surface area contributed by atoms with Crippen molar-refractivity contribution in [3.8, 4) is 5.88 Å². The number of ether oxygens (including phenoxy) is 1. The van der Waals surface area contributed by atoms with Crippen LogP contribution in [0, 0.1) is 0 Å². The number of benzene rings is 1. The molecule has 1 aliphatic heterocycles. The number of carbonyl (C=O) groups excluding carboxylic acids is 1. The van der Waals surface area contributed by atoms with Crippen molar-refractivity contribution in [3.63, 3.8) is 0 Å². The zero-order valence-corrected chi connectivity index (χ0v) is 16.0. The first-order chi connectivity index (χ1) is 14.0. The van der Waals surface area contributed by atoms with E-state index in [2.05, 4.69) is 9.97 Å². The Hall–Kier alpha value is -3.62. The molecule has 9 nitrogen and oxygen atoms in total. The van der Waals surface area contributed by atoms with Gasteiger partial charge in [-0.3, -0.25) is 9.59 Å². The first-order valence-electron chi connectivity index (χ1n) is 9.31. The highest BCUT2D eigenvalue weighted by Crippen LogP contribution is 2.21. The third-order valence-electron chi connectivity index (χ3n) is 4.87. The lowest BCUT2D eigenvalue weighted by molar-refractivity contribution is 0.0735. The Morgan fingerprint density at radius 2 is 1.97 bits per heavy atom. The number of nitrogens with two attached hydrogens (primary N) is 1. The van der Waals surface area contributed by atoms with Crippen molar-refractivity contribution >= 4 is 28.6 Å². The van der Waals surface area contributed by atoms with Gasteiger partial charge in [-0.15, -0.1) is 0 Å². The van der Waals surface area contributed by atoms with E-state index >= 15 is 0 Å². The van der Waals surface area contributed by atoms with Gasteiger partial charge in [-0.1, -0.05) is 12.1 Å². The smallest absolute Gasteiger partial charge is 0.289 e. The molecule has 2 N–H and O–H groups in total. The van der Waals surface area contributed by atoms with Gasteiger partial charge >= 0.3 is 0 Å². The third-order valence-corrected chi connectivity index (χ3v) is 4.87. The van der Waals surface area contributed by atoms with Crippen LogP contribution >= 0.6 is 0 Å². The summed E-state index contributed by atoms with van der Waals surface area (Å²) in [5.41, 5.74) is 5.94. The fourth-order valence-electron chi connectivity index (χ4n) is 3.41. The summed E-state index contributed by atoms with van der Waals surface area (Å²) in [6.07, 6.45) is 0.732. The zero-order chi connectivity index (χ0) is 20.4. The van der Waals surface area contributed by atoms with Gasteiger partial charge in [-0.2, -0.15) is 9.97 Å². The van der Waals surface area contributed by atoms with E-state index in [0.29, 0.717) is 48.8 Å². The molecule has 150 valence electrons. The van der Waals surface area contributed by atoms with Gasteiger partial charge in [0.15, 0.2) is 11.2 Å². The second-order valence-electron chi connectivity index (χ2n) is 6.73. The Kier molecular flexibility index (Phi) is 5.03. The van der Waals surface area contributed by atoms with Crippen molar-refractivity contribution in [2.24, 2.45) is 0 Å². The second kappa shape index (κ2) is 7.78. The number of hydrogen-bond acceptors (Lipinski definition) is 8. The number of para-hydroxylation sites is 1. The van der Waals surface area contributed by atoms with Crippen LogP contribution in [0.4, 0.5) is 11.8 Å². The fourth-order valence-corrected chi connectivity index (χ4v) is 3.41. The predicted molar refractivity (Wildman–Crippen MR) is 108 cm³/mol. The van der Waals surface area contributed by atoms with Crippen molar-refractivity contribution in [1.82, 2.24) is 14.9 Å². The molecule has 9 heteroatoms. The van der Waals surface area contributed by atoms with E-state index in [9.17, 15) is 9.59 Å². The van der Waals surface area contributed by atoms with Crippen LogP contribution in [0.3, 0.4) is 0 Å². The standard InChI is InChI=1S/C20H21N5O4/c1-28-18-12-17(22-20(21)23-18)24-7-4-8-25(10-9-24)19(27)16-11-14(26)13-5-2-3-6-15(13)29-16/h2-3,5-6,11-12H,4,7-10H2,1H3,(H2,21,22,23). The maximum atomic E-state index is 13.0. The summed E-state index contributed by atoms with van der Waals surface area (Å²) in [5, 5.41) is 0.460. The molecule has 1 aromatic carbocycles. The second-order valence-corrected chi connectivity index (χ2v) is 6.73. The first-order valence-corrected chi connectivity index (χ1v) is 9.31. The Balaban J connectivity index is 1.53. The quantitative estimate of drug-likeness (QED) is 0.710. The Morgan fingerprint density at radius 3 is 2.79 bits per heavy atom. The first kappa shape index (κ1) is 18.7. The molecule has 0 unspecified atom stereocenters. The van der Waals surface area contributed by atoms with Gasteiger partial charge in [0, 0.05) is 38.3 Å². The summed E-state index contributed by atoms with van der Waals surface area (Å²) in [6.45, 7) is 2.26. The molecule has 3 aromatic rings. The minimum Gasteiger partial charge on any atom is -0.481 e. The number of methoxy groups -OCH3 is 1. The van der Waals surface area contributed by atoms with Crippen LogP contribution in [0.15, 0.2) is 45.6 Å². The lowest BCUT2D eigenvalue weighted by Crippen LogP contribution is -2.35. The summed E-state index contributed by atoms with van der Waals surface area (Å²) >= 11 is 0. The normalized spacial score (nSPS) is 14.7. The summed E-state index contributed by atoms with van der Waals surface area (Å²) in [5.74, 6) is 0.933. The van der Waals surface area contributed by atoms with Gasteiger partial charge < -0.3 is 24.7 Å². The SMILES string of the molecule is COc1cc(N2CCCN(C(=O)c3cc(=O)c4ccccc4o3)CC2)nc(N)n1. The molecule has 1 amide bonds. The molecule has 29 heavy (non-hydrogen) atoms. The van der Waals surface area contributed by atoms with E-state index in [1.165, 1.54) is 13.2 Å². The fraction of sp³-hybridized carbons (Fsp3) is 0.300. The zero-order valence-electron chi connectivity index (χ0n) is 16.0. The molecular formula is C20H21N5O4. The molecule has 0 bridgehead atoms. The molecule has 0 spiro atoms. The highest BCUT2D eigenvalue weighted by Gasteiger charge is 2.24. The van der Waals surface area contributed by atoms with Crippen molar-refractivity contribution < 1.29 is 13.9 Å². The molecule has 0 aliphatic carbocycles. The van der Waals surface area contributed by atoms with Crippen LogP contribution in [-0.4, -0.2) is 54.1 Å². The van der Waals surface area contributed by atoms with Crippen LogP contribution < -0.4 is 20.8 Å². The molecular weight excluding hydrogens is 374 g/mol. The van der Waals surface area contributed by atoms with Gasteiger partial charge in [0.1, 0.15) is 11.4 Å². The van der Waals surface area contributed by atoms with E-state index in [1.54, 1.807) is 35.2 Å². The number of carbonyl (C=O) groups is 1. The molecule has 4 rings (SSSR count). The number of rotatable bonds is 3. The van der Waals surface area contributed by atoms with Crippen LogP contribution in [0.25, 0.3) is 11.0 Å². The van der Waals surface area contributed by atoms with Crippen LogP contribution in [0.5, 0.6) is 5.88 Å². The summed E-state index contributed by atoms with van der Waals surface area (Å²) in [6, 6.07) is 9.88. The lowest BCUT2D eigenvalue weighted by atomic mass is 10.2. The van der Waals surface area contributed by atoms with E-state index in [4.69, 9.17) is 14.9 Å². The van der Waals surface area contributed by atoms with Gasteiger partial charge in [0.2, 0.25) is 11.8 Å². The highest BCUT2D eigenvalue weighted by atomic mass is 16.5. The molecule has 0 saturated carbocycles. The number of fused-ring (bicyclic) bond motifs is 1. The predicted octanol–water partition coefficient (Wildman–Crippen LogP) is 1.53. The molecule has 1 fully saturated rings. The molecule has 1 saturated heterocycles. The maximum absolute atomic E-state index is 13.0. The lowest BCUT2D eigenvalue weighted by Gasteiger charge is -2.23. The van der Waals surface area contributed by atoms with Crippen molar-refractivity contribution in [2.45, 2.75) is 6.42 Å². The number of nitrogen functional groups attached to an aromatic ring is 1. The molecule has 0 atom stereocenters. The van der Waals surface area contributed by atoms with E-state index in [1.807, 2.05) is 4.90 Å². The third kappa shape index (κ3) is 3.84. The van der Waals surface area contributed by atoms with Gasteiger partial charge in [-0.25, -0.2) is 0 Å². The van der Waals surface area contributed by atoms with Crippen LogP contribution in [0.1, 0.15) is 17.0 Å². The number of anilines is 2. The van der Waals surface area contributed by atoms with Crippen LogP contribution in [-0.2, 0) is 0 Å². The largest absolute Gasteiger partial charge is 0.481 e. The van der Waals surface area contributed by atoms with Crippen molar-refractivity contribution in [1.29, 1.82) is 0 Å². The van der Waals surface area contributed by atoms with E-state index in [-0.39, 0.29) is 23.0 Å². The van der Waals surface area contributed by atoms with Gasteiger partial charge in [0.25, 0.3) is 5.91 Å². The van der Waals surface area contributed by atoms with Crippen molar-refractivity contribution in [3.05, 3.63) is 52.4 Å². The van der Waals surface area contributed by atoms with E-state index < -0.39 is 0 Å². The number of hydrogen-bond donors (Lipinski definition) is 1. The molecule has 1 aliphatic rings. The Labute approximate surface area is 166 Å². The minimum absolute atomic E-state index is 0.0510. The Morgan fingerprint density at radius 1 is 1.14 bits per heavy atom. The minimum atomic E-state index is -0.297. The summed E-state index contributed by atoms with van der Waals surface area (Å²) in [4.78, 5) is 37.3. The van der Waals surface area contributed by atoms with Gasteiger partial charge in [0.05, 0.1) is 12.5 Å². The number of amides is 1. The summed E-state index contributed by atoms with van der Waals surface area (Å²) < 4.78 is 10.9. The number of aromatic nitrogens is 2. The average molecular weight is 395 g/mol. The molecule has 2 aromatic heterocycles. The monoisotopic (exact) mass is 395 g/mol. The maximum Gasteiger partial charge on any atom is 0.289 e. The van der Waals surface area contributed by atoms with Gasteiger partial charge in [-0.05, 0) is 18.6 Å². The van der Waals surface area contributed by atoms with Crippen LogP contribution in [0.2, 0.25) is 0 Å². The average Bonchev–Trinajstić information content (AvgIpc) is 2.99. The molecule has 0 radical (unpaired) electrons. The topological polar surface area (TPSA) is 115 Å². The number of nitrogens with zero attached hydrogens (tertiary/aromatic N) is 4. The Bertz CT molecular complexity index is 1110. The van der Waals surface area contributed by atoms with Crippen molar-refractivity contribution in [2.75, 3.05) is 43.9 Å². The molecule has 3 heterocycles. The van der Waals surface area contributed by atoms with E-state index in [0.717, 1.165) is 6.42 Å².